The van der Waals surface area contributed by atoms with Crippen LogP contribution >= 0.6 is 0 Å². The zero-order chi connectivity index (χ0) is 21.0. The van der Waals surface area contributed by atoms with Gasteiger partial charge in [-0.05, 0) is 49.1 Å². The van der Waals surface area contributed by atoms with Gasteiger partial charge in [-0.15, -0.1) is 0 Å². The maximum absolute atomic E-state index is 12.7. The first-order valence-corrected chi connectivity index (χ1v) is 9.77. The van der Waals surface area contributed by atoms with Crippen LogP contribution in [0.25, 0.3) is 0 Å². The lowest BCUT2D eigenvalue weighted by Crippen LogP contribution is -2.46. The number of pyridine rings is 1. The van der Waals surface area contributed by atoms with E-state index in [9.17, 15) is 9.90 Å². The number of piperidine rings is 1. The van der Waals surface area contributed by atoms with Crippen molar-refractivity contribution in [3.8, 4) is 11.5 Å². The van der Waals surface area contributed by atoms with Gasteiger partial charge in [0.25, 0.3) is 0 Å². The third kappa shape index (κ3) is 4.68. The molecule has 1 aliphatic heterocycles. The summed E-state index contributed by atoms with van der Waals surface area (Å²) in [5.74, 6) is 1.18. The van der Waals surface area contributed by atoms with Crippen molar-refractivity contribution in [2.45, 2.75) is 37.8 Å². The first-order valence-electron chi connectivity index (χ1n) is 9.77. The van der Waals surface area contributed by atoms with E-state index in [1.54, 1.807) is 37.4 Å². The van der Waals surface area contributed by atoms with Gasteiger partial charge in [-0.25, -0.2) is 0 Å². The van der Waals surface area contributed by atoms with Crippen molar-refractivity contribution in [3.63, 3.8) is 0 Å². The summed E-state index contributed by atoms with van der Waals surface area (Å²) in [6, 6.07) is 8.79. The monoisotopic (exact) mass is 399 g/mol. The van der Waals surface area contributed by atoms with Crippen molar-refractivity contribution in [2.75, 3.05) is 27.3 Å². The predicted molar refractivity (Wildman–Crippen MR) is 110 cm³/mol. The molecule has 2 aromatic rings. The highest BCUT2D eigenvalue weighted by molar-refractivity contribution is 5.77. The number of aryl methyl sites for hydroxylation is 1. The summed E-state index contributed by atoms with van der Waals surface area (Å²) in [5.41, 5.74) is 7.81. The molecule has 156 valence electrons. The van der Waals surface area contributed by atoms with Crippen LogP contribution in [0.1, 0.15) is 42.1 Å². The lowest BCUT2D eigenvalue weighted by atomic mass is 9.87. The number of ether oxygens (including phenoxy) is 2. The Balaban J connectivity index is 1.60. The molecular formula is C22H29N3O4. The minimum atomic E-state index is -0.990. The largest absolute Gasteiger partial charge is 0.493 e. The van der Waals surface area contributed by atoms with E-state index >= 15 is 0 Å². The van der Waals surface area contributed by atoms with Gasteiger partial charge in [0.15, 0.2) is 11.5 Å². The summed E-state index contributed by atoms with van der Waals surface area (Å²) in [6.07, 6.45) is 2.87. The smallest absolute Gasteiger partial charge is 0.224 e. The minimum absolute atomic E-state index is 0.0220. The van der Waals surface area contributed by atoms with Gasteiger partial charge in [-0.1, -0.05) is 12.1 Å². The summed E-state index contributed by atoms with van der Waals surface area (Å²) >= 11 is 0. The lowest BCUT2D eigenvalue weighted by Gasteiger charge is -2.38. The highest BCUT2D eigenvalue weighted by atomic mass is 16.5. The van der Waals surface area contributed by atoms with E-state index in [1.807, 2.05) is 25.1 Å². The number of methoxy groups -OCH3 is 2. The van der Waals surface area contributed by atoms with Gasteiger partial charge in [0.1, 0.15) is 5.60 Å². The molecule has 0 spiro atoms. The van der Waals surface area contributed by atoms with Gasteiger partial charge in [0, 0.05) is 31.7 Å². The van der Waals surface area contributed by atoms with Gasteiger partial charge < -0.3 is 25.2 Å². The maximum Gasteiger partial charge on any atom is 0.224 e. The number of amides is 1. The second-order valence-corrected chi connectivity index (χ2v) is 7.56. The molecule has 7 heteroatoms. The molecule has 0 aliphatic carbocycles. The van der Waals surface area contributed by atoms with Gasteiger partial charge >= 0.3 is 0 Å². The Morgan fingerprint density at radius 1 is 1.21 bits per heavy atom. The molecule has 3 rings (SSSR count). The van der Waals surface area contributed by atoms with Crippen LogP contribution < -0.4 is 15.2 Å². The number of nitrogens with zero attached hydrogens (tertiary/aromatic N) is 2. The first kappa shape index (κ1) is 21.1. The lowest BCUT2D eigenvalue weighted by molar-refractivity contribution is -0.136. The standard InChI is InChI=1S/C22H29N3O4/c1-15-4-7-20(24-14-15)22(27)8-10-25(11-9-22)21(26)13-17(23)16-5-6-18(28-2)19(12-16)29-3/h4-7,12,14,17,27H,8-11,13,23H2,1-3H3/t17-/m1/s1. The number of hydrogen-bond donors (Lipinski definition) is 2. The molecule has 29 heavy (non-hydrogen) atoms. The number of likely N-dealkylation sites (tertiary alicyclic amines) is 1. The number of benzene rings is 1. The number of aromatic nitrogens is 1. The average molecular weight is 399 g/mol. The third-order valence-corrected chi connectivity index (χ3v) is 5.56. The van der Waals surface area contributed by atoms with Gasteiger partial charge in [-0.2, -0.15) is 0 Å². The molecule has 2 heterocycles. The molecule has 0 saturated carbocycles. The molecule has 1 aromatic heterocycles. The number of hydrogen-bond acceptors (Lipinski definition) is 6. The Kier molecular flexibility index (Phi) is 6.39. The van der Waals surface area contributed by atoms with Crippen molar-refractivity contribution in [3.05, 3.63) is 53.3 Å². The maximum atomic E-state index is 12.7. The van der Waals surface area contributed by atoms with Crippen molar-refractivity contribution >= 4 is 5.91 Å². The Morgan fingerprint density at radius 2 is 1.90 bits per heavy atom. The fraction of sp³-hybridized carbons (Fsp3) is 0.455. The second-order valence-electron chi connectivity index (χ2n) is 7.56. The first-order chi connectivity index (χ1) is 13.9. The molecule has 0 bridgehead atoms. The SMILES string of the molecule is COc1ccc([C@H](N)CC(=O)N2CCC(O)(c3ccc(C)cn3)CC2)cc1OC. The Hall–Kier alpha value is -2.64. The molecule has 1 saturated heterocycles. The fourth-order valence-corrected chi connectivity index (χ4v) is 3.64. The van der Waals surface area contributed by atoms with Crippen molar-refractivity contribution < 1.29 is 19.4 Å². The van der Waals surface area contributed by atoms with E-state index in [-0.39, 0.29) is 12.3 Å². The zero-order valence-electron chi connectivity index (χ0n) is 17.2. The quantitative estimate of drug-likeness (QED) is 0.774. The van der Waals surface area contributed by atoms with Crippen molar-refractivity contribution in [1.29, 1.82) is 0 Å². The van der Waals surface area contributed by atoms with Crippen LogP contribution in [0.2, 0.25) is 0 Å². The molecular weight excluding hydrogens is 370 g/mol. The van der Waals surface area contributed by atoms with E-state index in [2.05, 4.69) is 4.98 Å². The van der Waals surface area contributed by atoms with Crippen LogP contribution in [0.4, 0.5) is 0 Å². The van der Waals surface area contributed by atoms with E-state index in [0.717, 1.165) is 11.1 Å². The van der Waals surface area contributed by atoms with Crippen molar-refractivity contribution in [1.82, 2.24) is 9.88 Å². The highest BCUT2D eigenvalue weighted by Crippen LogP contribution is 2.33. The summed E-state index contributed by atoms with van der Waals surface area (Å²) in [6.45, 7) is 2.91. The highest BCUT2D eigenvalue weighted by Gasteiger charge is 2.36. The van der Waals surface area contributed by atoms with Crippen LogP contribution in [-0.4, -0.2) is 48.2 Å². The van der Waals surface area contributed by atoms with Crippen LogP contribution in [0.3, 0.4) is 0 Å². The number of nitrogens with two attached hydrogens (primary N) is 1. The van der Waals surface area contributed by atoms with Crippen LogP contribution in [0.15, 0.2) is 36.5 Å². The summed E-state index contributed by atoms with van der Waals surface area (Å²) in [7, 11) is 3.14. The number of rotatable bonds is 6. The molecule has 1 aliphatic rings. The molecule has 1 aromatic carbocycles. The third-order valence-electron chi connectivity index (χ3n) is 5.56. The average Bonchev–Trinajstić information content (AvgIpc) is 2.73. The minimum Gasteiger partial charge on any atom is -0.493 e. The molecule has 1 atom stereocenters. The molecule has 3 N–H and O–H groups in total. The van der Waals surface area contributed by atoms with Crippen LogP contribution in [-0.2, 0) is 10.4 Å². The Bertz CT molecular complexity index is 846. The van der Waals surface area contributed by atoms with Gasteiger partial charge in [0.05, 0.1) is 19.9 Å². The molecule has 0 radical (unpaired) electrons. The molecule has 1 fully saturated rings. The van der Waals surface area contributed by atoms with E-state index in [1.165, 1.54) is 0 Å². The van der Waals surface area contributed by atoms with Gasteiger partial charge in [-0.3, -0.25) is 9.78 Å². The predicted octanol–water partition coefficient (Wildman–Crippen LogP) is 2.31. The summed E-state index contributed by atoms with van der Waals surface area (Å²) < 4.78 is 10.6. The van der Waals surface area contributed by atoms with Crippen LogP contribution in [0, 0.1) is 6.92 Å². The summed E-state index contributed by atoms with van der Waals surface area (Å²) in [5, 5.41) is 10.9. The topological polar surface area (TPSA) is 97.9 Å². The molecule has 7 nitrogen and oxygen atoms in total. The van der Waals surface area contributed by atoms with Crippen LogP contribution in [0.5, 0.6) is 11.5 Å². The fourth-order valence-electron chi connectivity index (χ4n) is 3.64. The zero-order valence-corrected chi connectivity index (χ0v) is 17.2. The number of carbonyl (C=O) groups is 1. The normalized spacial score (nSPS) is 16.9. The van der Waals surface area contributed by atoms with E-state index < -0.39 is 11.6 Å². The summed E-state index contributed by atoms with van der Waals surface area (Å²) in [4.78, 5) is 18.9. The Labute approximate surface area is 171 Å². The Morgan fingerprint density at radius 3 is 2.48 bits per heavy atom. The number of aliphatic hydroxyl groups is 1. The van der Waals surface area contributed by atoms with Crippen molar-refractivity contribution in [2.24, 2.45) is 5.73 Å². The number of carbonyl (C=O) groups excluding carboxylic acids is 1. The molecule has 1 amide bonds. The van der Waals surface area contributed by atoms with Gasteiger partial charge in [0.2, 0.25) is 5.91 Å². The second kappa shape index (κ2) is 8.80. The van der Waals surface area contributed by atoms with E-state index in [4.69, 9.17) is 15.2 Å². The van der Waals surface area contributed by atoms with E-state index in [0.29, 0.717) is 43.1 Å². The molecule has 0 unspecified atom stereocenters.